The van der Waals surface area contributed by atoms with Crippen molar-refractivity contribution in [2.75, 3.05) is 19.5 Å². The van der Waals surface area contributed by atoms with E-state index in [1.54, 1.807) is 26.3 Å². The number of nitrogens with one attached hydrogen (secondary N) is 1. The van der Waals surface area contributed by atoms with Gasteiger partial charge in [-0.1, -0.05) is 0 Å². The second kappa shape index (κ2) is 6.71. The molecule has 0 radical (unpaired) electrons. The van der Waals surface area contributed by atoms with Crippen LogP contribution in [0.4, 0.5) is 5.95 Å². The number of carbonyl (C=O) groups excluding carboxylic acids is 1. The highest BCUT2D eigenvalue weighted by Gasteiger charge is 2.27. The van der Waals surface area contributed by atoms with Gasteiger partial charge in [-0.05, 0) is 37.1 Å². The molecule has 0 unspecified atom stereocenters. The van der Waals surface area contributed by atoms with Gasteiger partial charge in [0.2, 0.25) is 11.7 Å². The number of aromatic hydroxyl groups is 1. The van der Waals surface area contributed by atoms with Gasteiger partial charge in [0, 0.05) is 19.7 Å². The van der Waals surface area contributed by atoms with Gasteiger partial charge in [0.25, 0.3) is 5.56 Å². The van der Waals surface area contributed by atoms with Crippen LogP contribution in [-0.2, 0) is 7.05 Å². The normalized spacial score (nSPS) is 10.9. The molecule has 0 bridgehead atoms. The van der Waals surface area contributed by atoms with Gasteiger partial charge >= 0.3 is 0 Å². The Balaban J connectivity index is 2.31. The maximum Gasteiger partial charge on any atom is 0.263 e. The molecular formula is C19H20N4O4. The second-order valence-electron chi connectivity index (χ2n) is 6.27. The Bertz CT molecular complexity index is 1060. The Morgan fingerprint density at radius 2 is 1.78 bits per heavy atom. The largest absolute Gasteiger partial charge is 0.504 e. The highest BCUT2D eigenvalue weighted by atomic mass is 16.5. The van der Waals surface area contributed by atoms with Crippen molar-refractivity contribution in [1.82, 2.24) is 14.5 Å². The number of ether oxygens (including phenoxy) is 1. The number of aromatic nitrogens is 3. The highest BCUT2D eigenvalue weighted by molar-refractivity contribution is 6.12. The van der Waals surface area contributed by atoms with Crippen molar-refractivity contribution < 1.29 is 14.6 Å². The van der Waals surface area contributed by atoms with E-state index in [0.29, 0.717) is 11.3 Å². The molecule has 0 aromatic heterocycles. The molecule has 1 aromatic carbocycles. The Morgan fingerprint density at radius 1 is 1.19 bits per heavy atom. The average Bonchev–Trinajstić information content (AvgIpc) is 3.02. The Morgan fingerprint density at radius 3 is 2.33 bits per heavy atom. The Kier molecular flexibility index (Phi) is 4.57. The number of hydrogen-bond acceptors (Lipinski definition) is 7. The van der Waals surface area contributed by atoms with E-state index < -0.39 is 11.3 Å². The average molecular weight is 368 g/mol. The zero-order chi connectivity index (χ0) is 19.9. The summed E-state index contributed by atoms with van der Waals surface area (Å²) in [6.07, 6.45) is 1.22. The van der Waals surface area contributed by atoms with E-state index in [-0.39, 0.29) is 28.6 Å². The van der Waals surface area contributed by atoms with Crippen LogP contribution in [0.5, 0.6) is 11.5 Å². The SMILES string of the molecule is CNc1nc2c(O)cn(C)c(=O)c(C(=O)c3cc(C)c(OC)c(C)c3)c-2n1. The molecule has 140 valence electrons. The number of hydrogen-bond donors (Lipinski definition) is 2. The molecule has 0 aliphatic carbocycles. The monoisotopic (exact) mass is 368 g/mol. The van der Waals surface area contributed by atoms with Gasteiger partial charge in [-0.15, -0.1) is 0 Å². The summed E-state index contributed by atoms with van der Waals surface area (Å²) in [7, 11) is 4.64. The van der Waals surface area contributed by atoms with Gasteiger partial charge in [0.1, 0.15) is 22.7 Å². The third kappa shape index (κ3) is 2.99. The number of carbonyl (C=O) groups is 1. The van der Waals surface area contributed by atoms with Crippen LogP contribution in [0.1, 0.15) is 27.0 Å². The van der Waals surface area contributed by atoms with E-state index in [4.69, 9.17) is 4.74 Å². The fourth-order valence-electron chi connectivity index (χ4n) is 3.14. The molecule has 0 fully saturated rings. The van der Waals surface area contributed by atoms with Gasteiger partial charge in [-0.2, -0.15) is 0 Å². The standard InChI is InChI=1S/C19H20N4O4/c1-9-6-11(7-10(2)17(9)27-5)16(25)13-15-14(21-19(20-3)22-15)12(24)8-23(4)18(13)26/h6-8,24H,1-5H3,(H,20,22). The Labute approximate surface area is 155 Å². The van der Waals surface area contributed by atoms with E-state index in [0.717, 1.165) is 15.7 Å². The number of benzene rings is 1. The first kappa shape index (κ1) is 18.4. The predicted octanol–water partition coefficient (Wildman–Crippen LogP) is 1.88. The first-order valence-corrected chi connectivity index (χ1v) is 8.26. The third-order valence-electron chi connectivity index (χ3n) is 4.37. The number of nitrogens with zero attached hydrogens (tertiary/aromatic N) is 3. The minimum atomic E-state index is -0.570. The lowest BCUT2D eigenvalue weighted by atomic mass is 9.98. The lowest BCUT2D eigenvalue weighted by Gasteiger charge is -2.11. The minimum Gasteiger partial charge on any atom is -0.504 e. The van der Waals surface area contributed by atoms with Crippen molar-refractivity contribution in [1.29, 1.82) is 0 Å². The van der Waals surface area contributed by atoms with Crippen LogP contribution in [0.15, 0.2) is 23.1 Å². The van der Waals surface area contributed by atoms with Crippen molar-refractivity contribution in [2.45, 2.75) is 13.8 Å². The zero-order valence-corrected chi connectivity index (χ0v) is 15.7. The van der Waals surface area contributed by atoms with Crippen LogP contribution in [0.3, 0.4) is 0 Å². The van der Waals surface area contributed by atoms with Crippen LogP contribution in [0.2, 0.25) is 0 Å². The van der Waals surface area contributed by atoms with Crippen LogP contribution in [0.25, 0.3) is 11.4 Å². The van der Waals surface area contributed by atoms with E-state index in [2.05, 4.69) is 15.3 Å². The minimum absolute atomic E-state index is 0.0542. The third-order valence-corrected chi connectivity index (χ3v) is 4.37. The molecule has 0 saturated carbocycles. The molecule has 3 rings (SSSR count). The molecule has 2 aliphatic heterocycles. The predicted molar refractivity (Wildman–Crippen MR) is 101 cm³/mol. The molecule has 27 heavy (non-hydrogen) atoms. The molecule has 1 aromatic rings. The summed E-state index contributed by atoms with van der Waals surface area (Å²) in [5.41, 5.74) is 1.32. The molecule has 2 aliphatic rings. The van der Waals surface area contributed by atoms with E-state index >= 15 is 0 Å². The molecule has 8 nitrogen and oxygen atoms in total. The smallest absolute Gasteiger partial charge is 0.263 e. The number of ketones is 1. The van der Waals surface area contributed by atoms with Gasteiger partial charge in [0.15, 0.2) is 5.75 Å². The summed E-state index contributed by atoms with van der Waals surface area (Å²) in [6, 6.07) is 3.34. The van der Waals surface area contributed by atoms with Crippen molar-refractivity contribution >= 4 is 11.7 Å². The molecule has 0 spiro atoms. The van der Waals surface area contributed by atoms with Crippen molar-refractivity contribution in [3.8, 4) is 22.9 Å². The van der Waals surface area contributed by atoms with Gasteiger partial charge in [-0.3, -0.25) is 9.59 Å². The van der Waals surface area contributed by atoms with Crippen LogP contribution in [-0.4, -0.2) is 39.6 Å². The number of methoxy groups -OCH3 is 1. The molecule has 2 heterocycles. The van der Waals surface area contributed by atoms with Crippen LogP contribution < -0.4 is 15.6 Å². The number of aryl methyl sites for hydroxylation is 3. The van der Waals surface area contributed by atoms with Crippen molar-refractivity contribution in [3.05, 3.63) is 50.9 Å². The quantitative estimate of drug-likeness (QED) is 0.677. The summed E-state index contributed by atoms with van der Waals surface area (Å²) in [5.74, 6) is 0.170. The summed E-state index contributed by atoms with van der Waals surface area (Å²) >= 11 is 0. The van der Waals surface area contributed by atoms with E-state index in [9.17, 15) is 14.7 Å². The molecule has 2 N–H and O–H groups in total. The maximum absolute atomic E-state index is 13.3. The lowest BCUT2D eigenvalue weighted by molar-refractivity contribution is 0.103. The molecule has 0 saturated heterocycles. The first-order valence-electron chi connectivity index (χ1n) is 8.26. The fraction of sp³-hybridized carbons (Fsp3) is 0.263. The summed E-state index contributed by atoms with van der Waals surface area (Å²) in [6.45, 7) is 3.66. The van der Waals surface area contributed by atoms with Gasteiger partial charge in [-0.25, -0.2) is 9.97 Å². The van der Waals surface area contributed by atoms with Gasteiger partial charge in [0.05, 0.1) is 13.3 Å². The van der Waals surface area contributed by atoms with Gasteiger partial charge < -0.3 is 19.7 Å². The molecule has 8 heteroatoms. The molecule has 0 amide bonds. The number of rotatable bonds is 4. The summed E-state index contributed by atoms with van der Waals surface area (Å²) < 4.78 is 6.48. The van der Waals surface area contributed by atoms with Crippen molar-refractivity contribution in [2.24, 2.45) is 7.05 Å². The second-order valence-corrected chi connectivity index (χ2v) is 6.27. The number of imidazole rings is 1. The number of anilines is 1. The zero-order valence-electron chi connectivity index (χ0n) is 15.7. The van der Waals surface area contributed by atoms with Crippen LogP contribution in [0, 0.1) is 13.8 Å². The highest BCUT2D eigenvalue weighted by Crippen LogP contribution is 2.32. The molecular weight excluding hydrogens is 348 g/mol. The Hall–Kier alpha value is -3.42. The van der Waals surface area contributed by atoms with Crippen molar-refractivity contribution in [3.63, 3.8) is 0 Å². The van der Waals surface area contributed by atoms with E-state index in [1.165, 1.54) is 13.2 Å². The fourth-order valence-corrected chi connectivity index (χ4v) is 3.14. The topological polar surface area (TPSA) is 106 Å². The van der Waals surface area contributed by atoms with E-state index in [1.807, 2.05) is 13.8 Å². The number of fused-ring (bicyclic) bond motifs is 1. The summed E-state index contributed by atoms with van der Waals surface area (Å²) in [5, 5.41) is 13.0. The first-order chi connectivity index (χ1) is 12.8. The maximum atomic E-state index is 13.3. The van der Waals surface area contributed by atoms with Crippen LogP contribution >= 0.6 is 0 Å². The summed E-state index contributed by atoms with van der Waals surface area (Å²) in [4.78, 5) is 34.5. The molecule has 0 atom stereocenters. The lowest BCUT2D eigenvalue weighted by Crippen LogP contribution is -2.23.